The van der Waals surface area contributed by atoms with Gasteiger partial charge in [-0.05, 0) is 42.5 Å². The zero-order chi connectivity index (χ0) is 19.0. The lowest BCUT2D eigenvalue weighted by Gasteiger charge is -2.18. The summed E-state index contributed by atoms with van der Waals surface area (Å²) < 4.78 is 14.2. The molecular formula is C19H19FN4O2S. The van der Waals surface area contributed by atoms with Gasteiger partial charge in [0.1, 0.15) is 5.82 Å². The average Bonchev–Trinajstić information content (AvgIpc) is 3.29. The zero-order valence-electron chi connectivity index (χ0n) is 14.7. The molecule has 0 radical (unpaired) electrons. The zero-order valence-corrected chi connectivity index (χ0v) is 15.5. The number of anilines is 1. The molecule has 1 saturated heterocycles. The van der Waals surface area contributed by atoms with E-state index in [-0.39, 0.29) is 17.8 Å². The number of thiophene rings is 1. The molecule has 1 amide bonds. The van der Waals surface area contributed by atoms with Gasteiger partial charge in [-0.2, -0.15) is 0 Å². The van der Waals surface area contributed by atoms with E-state index in [1.807, 2.05) is 24.4 Å². The number of halogens is 1. The highest BCUT2D eigenvalue weighted by molar-refractivity contribution is 7.17. The number of carbonyl (C=O) groups excluding carboxylic acids is 1. The van der Waals surface area contributed by atoms with Crippen molar-refractivity contribution in [1.29, 1.82) is 0 Å². The second-order valence-electron chi connectivity index (χ2n) is 6.65. The number of likely N-dealkylation sites (tertiary alicyclic amines) is 1. The molecule has 3 heterocycles. The molecule has 2 unspecified atom stereocenters. The Morgan fingerprint density at radius 3 is 3.00 bits per heavy atom. The summed E-state index contributed by atoms with van der Waals surface area (Å²) in [7, 11) is 0. The van der Waals surface area contributed by atoms with Crippen LogP contribution in [0.1, 0.15) is 35.4 Å². The molecule has 1 aromatic carbocycles. The molecule has 0 bridgehead atoms. The van der Waals surface area contributed by atoms with Gasteiger partial charge in [0.2, 0.25) is 5.95 Å². The van der Waals surface area contributed by atoms with Crippen molar-refractivity contribution in [1.82, 2.24) is 14.9 Å². The number of aliphatic hydroxyl groups is 1. The maximum Gasteiger partial charge on any atom is 0.274 e. The van der Waals surface area contributed by atoms with Crippen LogP contribution in [0, 0.1) is 5.82 Å². The van der Waals surface area contributed by atoms with Crippen LogP contribution >= 0.6 is 11.3 Å². The molecule has 0 spiro atoms. The molecule has 4 rings (SSSR count). The van der Waals surface area contributed by atoms with Gasteiger partial charge < -0.3 is 15.3 Å². The van der Waals surface area contributed by atoms with E-state index in [0.717, 1.165) is 10.3 Å². The Labute approximate surface area is 159 Å². The summed E-state index contributed by atoms with van der Waals surface area (Å²) in [4.78, 5) is 23.5. The van der Waals surface area contributed by atoms with Gasteiger partial charge in [0.15, 0.2) is 5.69 Å². The third-order valence-corrected chi connectivity index (χ3v) is 5.56. The first kappa shape index (κ1) is 17.8. The monoisotopic (exact) mass is 386 g/mol. The maximum absolute atomic E-state index is 13.5. The molecule has 0 aliphatic carbocycles. The van der Waals surface area contributed by atoms with Crippen molar-refractivity contribution in [3.8, 4) is 0 Å². The normalized spacial score (nSPS) is 18.0. The molecule has 2 aromatic heterocycles. The molecule has 1 fully saturated rings. The van der Waals surface area contributed by atoms with Crippen LogP contribution in [0.5, 0.6) is 0 Å². The summed E-state index contributed by atoms with van der Waals surface area (Å²) in [5, 5.41) is 14.8. The Balaban J connectivity index is 1.65. The third kappa shape index (κ3) is 3.63. The van der Waals surface area contributed by atoms with Gasteiger partial charge in [0.05, 0.1) is 22.4 Å². The topological polar surface area (TPSA) is 78.4 Å². The predicted octanol–water partition coefficient (Wildman–Crippen LogP) is 3.21. The molecular weight excluding hydrogens is 367 g/mol. The standard InChI is InChI=1S/C19H19FN4O2S/c1-11(12-3-2-4-13(20)9-12)21-19-22-15-6-8-27-17(15)16(23-19)18(26)24-7-5-14(25)10-24/h2-4,6,8-9,11,14,25H,5,7,10H2,1H3,(H,21,22,23). The number of rotatable bonds is 4. The molecule has 27 heavy (non-hydrogen) atoms. The lowest BCUT2D eigenvalue weighted by atomic mass is 10.1. The van der Waals surface area contributed by atoms with Gasteiger partial charge in [-0.15, -0.1) is 11.3 Å². The minimum Gasteiger partial charge on any atom is -0.391 e. The van der Waals surface area contributed by atoms with Crippen molar-refractivity contribution >= 4 is 33.4 Å². The van der Waals surface area contributed by atoms with Crippen LogP contribution in [-0.2, 0) is 0 Å². The van der Waals surface area contributed by atoms with E-state index in [9.17, 15) is 14.3 Å². The van der Waals surface area contributed by atoms with Crippen LogP contribution in [-0.4, -0.2) is 45.1 Å². The van der Waals surface area contributed by atoms with Crippen LogP contribution in [0.15, 0.2) is 35.7 Å². The van der Waals surface area contributed by atoms with E-state index in [2.05, 4.69) is 15.3 Å². The largest absolute Gasteiger partial charge is 0.391 e. The summed E-state index contributed by atoms with van der Waals surface area (Å²) in [5.74, 6) is -0.192. The number of aliphatic hydroxyl groups excluding tert-OH is 1. The molecule has 0 saturated carbocycles. The maximum atomic E-state index is 13.5. The van der Waals surface area contributed by atoms with Crippen LogP contribution in [0.25, 0.3) is 10.2 Å². The van der Waals surface area contributed by atoms with E-state index in [0.29, 0.717) is 36.7 Å². The van der Waals surface area contributed by atoms with Gasteiger partial charge in [0, 0.05) is 13.1 Å². The fraction of sp³-hybridized carbons (Fsp3) is 0.316. The van der Waals surface area contributed by atoms with E-state index < -0.39 is 6.10 Å². The summed E-state index contributed by atoms with van der Waals surface area (Å²) in [6.07, 6.45) is 0.0896. The summed E-state index contributed by atoms with van der Waals surface area (Å²) in [5.41, 5.74) is 1.78. The highest BCUT2D eigenvalue weighted by Gasteiger charge is 2.28. The Morgan fingerprint density at radius 2 is 2.26 bits per heavy atom. The Kier molecular flexibility index (Phi) is 4.75. The number of amides is 1. The number of β-amino-alcohol motifs (C(OH)–C–C–N with tert-alkyl or cyclic N) is 1. The second-order valence-corrected chi connectivity index (χ2v) is 7.56. The first-order valence-electron chi connectivity index (χ1n) is 8.76. The van der Waals surface area contributed by atoms with E-state index >= 15 is 0 Å². The molecule has 140 valence electrons. The number of hydrogen-bond acceptors (Lipinski definition) is 6. The number of benzene rings is 1. The Morgan fingerprint density at radius 1 is 1.41 bits per heavy atom. The average molecular weight is 386 g/mol. The molecule has 8 heteroatoms. The molecule has 1 aliphatic heterocycles. The minimum atomic E-state index is -0.486. The number of nitrogens with one attached hydrogen (secondary N) is 1. The minimum absolute atomic E-state index is 0.206. The molecule has 2 atom stereocenters. The number of nitrogens with zero attached hydrogens (tertiary/aromatic N) is 3. The molecule has 2 N–H and O–H groups in total. The first-order chi connectivity index (χ1) is 13.0. The predicted molar refractivity (Wildman–Crippen MR) is 102 cm³/mol. The van der Waals surface area contributed by atoms with E-state index in [1.165, 1.54) is 23.5 Å². The molecule has 6 nitrogen and oxygen atoms in total. The van der Waals surface area contributed by atoms with Gasteiger partial charge in [-0.1, -0.05) is 12.1 Å². The van der Waals surface area contributed by atoms with Crippen molar-refractivity contribution in [3.05, 3.63) is 52.8 Å². The lowest BCUT2D eigenvalue weighted by molar-refractivity contribution is 0.0761. The smallest absolute Gasteiger partial charge is 0.274 e. The fourth-order valence-corrected chi connectivity index (χ4v) is 4.01. The molecule has 3 aromatic rings. The van der Waals surface area contributed by atoms with Crippen molar-refractivity contribution in [2.45, 2.75) is 25.5 Å². The Hall–Kier alpha value is -2.58. The van der Waals surface area contributed by atoms with Gasteiger partial charge in [0.25, 0.3) is 5.91 Å². The molecule has 1 aliphatic rings. The number of hydrogen-bond donors (Lipinski definition) is 2. The quantitative estimate of drug-likeness (QED) is 0.720. The van der Waals surface area contributed by atoms with Crippen LogP contribution in [0.4, 0.5) is 10.3 Å². The number of carbonyl (C=O) groups is 1. The van der Waals surface area contributed by atoms with Gasteiger partial charge in [-0.3, -0.25) is 4.79 Å². The van der Waals surface area contributed by atoms with Crippen molar-refractivity contribution in [2.24, 2.45) is 0 Å². The van der Waals surface area contributed by atoms with Crippen molar-refractivity contribution in [3.63, 3.8) is 0 Å². The summed E-state index contributed by atoms with van der Waals surface area (Å²) in [6, 6.07) is 7.94. The first-order valence-corrected chi connectivity index (χ1v) is 9.64. The van der Waals surface area contributed by atoms with Crippen molar-refractivity contribution < 1.29 is 14.3 Å². The highest BCUT2D eigenvalue weighted by atomic mass is 32.1. The van der Waals surface area contributed by atoms with Gasteiger partial charge >= 0.3 is 0 Å². The third-order valence-electron chi connectivity index (χ3n) is 4.65. The fourth-order valence-electron chi connectivity index (χ4n) is 3.20. The lowest BCUT2D eigenvalue weighted by Crippen LogP contribution is -2.30. The summed E-state index contributed by atoms with van der Waals surface area (Å²) >= 11 is 1.42. The van der Waals surface area contributed by atoms with E-state index in [4.69, 9.17) is 0 Å². The van der Waals surface area contributed by atoms with Crippen LogP contribution in [0.2, 0.25) is 0 Å². The van der Waals surface area contributed by atoms with Crippen LogP contribution < -0.4 is 5.32 Å². The Bertz CT molecular complexity index is 993. The highest BCUT2D eigenvalue weighted by Crippen LogP contribution is 2.27. The number of fused-ring (bicyclic) bond motifs is 1. The van der Waals surface area contributed by atoms with Gasteiger partial charge in [-0.25, -0.2) is 14.4 Å². The SMILES string of the molecule is CC(Nc1nc(C(=O)N2CCC(O)C2)c2sccc2n1)c1cccc(F)c1. The van der Waals surface area contributed by atoms with E-state index in [1.54, 1.807) is 11.0 Å². The second kappa shape index (κ2) is 7.21. The van der Waals surface area contributed by atoms with Crippen molar-refractivity contribution in [2.75, 3.05) is 18.4 Å². The summed E-state index contributed by atoms with van der Waals surface area (Å²) in [6.45, 7) is 2.71. The van der Waals surface area contributed by atoms with Crippen LogP contribution in [0.3, 0.4) is 0 Å². The number of aromatic nitrogens is 2.